The number of benzene rings is 1. The van der Waals surface area contributed by atoms with Crippen molar-refractivity contribution in [3.05, 3.63) is 41.4 Å². The van der Waals surface area contributed by atoms with Crippen molar-refractivity contribution in [3.8, 4) is 11.3 Å². The number of hydrogen-bond acceptors (Lipinski definition) is 5. The minimum Gasteiger partial charge on any atom is -0.439 e. The van der Waals surface area contributed by atoms with Gasteiger partial charge in [-0.15, -0.1) is 0 Å². The second-order valence-corrected chi connectivity index (χ2v) is 7.84. The molecule has 2 heterocycles. The van der Waals surface area contributed by atoms with Gasteiger partial charge in [0, 0.05) is 42.8 Å². The maximum Gasteiger partial charge on any atom is 0.237 e. The quantitative estimate of drug-likeness (QED) is 0.824. The van der Waals surface area contributed by atoms with Crippen molar-refractivity contribution < 1.29 is 9.21 Å². The summed E-state index contributed by atoms with van der Waals surface area (Å²) in [6.45, 7) is 6.23. The molecule has 1 N–H and O–H groups in total. The van der Waals surface area contributed by atoms with E-state index >= 15 is 0 Å². The van der Waals surface area contributed by atoms with E-state index in [1.807, 2.05) is 31.2 Å². The third-order valence-corrected chi connectivity index (χ3v) is 5.51. The van der Waals surface area contributed by atoms with Gasteiger partial charge in [-0.3, -0.25) is 14.6 Å². The summed E-state index contributed by atoms with van der Waals surface area (Å²) in [4.78, 5) is 21.2. The molecule has 7 heteroatoms. The van der Waals surface area contributed by atoms with Gasteiger partial charge in [-0.1, -0.05) is 23.7 Å². The Balaban J connectivity index is 1.28. The Morgan fingerprint density at radius 2 is 2.11 bits per heavy atom. The standard InChI is InChI=1S/C20H25ClN4O2/c1-14(20(26)23-17-5-6-17)25-9-7-24(8-10-25)13-19-22-12-18(27-19)15-3-2-4-16(21)11-15/h2-4,11-12,14,17H,5-10,13H2,1H3,(H,23,26). The predicted molar refractivity (Wildman–Crippen MR) is 104 cm³/mol. The van der Waals surface area contributed by atoms with Gasteiger partial charge in [-0.2, -0.15) is 0 Å². The zero-order valence-electron chi connectivity index (χ0n) is 15.5. The molecule has 6 nitrogen and oxygen atoms in total. The molecule has 1 unspecified atom stereocenters. The van der Waals surface area contributed by atoms with Crippen LogP contribution in [0.15, 0.2) is 34.9 Å². The highest BCUT2D eigenvalue weighted by molar-refractivity contribution is 6.30. The Morgan fingerprint density at radius 1 is 1.33 bits per heavy atom. The Hall–Kier alpha value is -1.89. The minimum atomic E-state index is -0.0658. The molecular weight excluding hydrogens is 364 g/mol. The first-order chi connectivity index (χ1) is 13.1. The molecule has 144 valence electrons. The summed E-state index contributed by atoms with van der Waals surface area (Å²) in [5.41, 5.74) is 0.932. The first kappa shape index (κ1) is 18.5. The van der Waals surface area contributed by atoms with E-state index in [1.54, 1.807) is 6.20 Å². The number of nitrogens with zero attached hydrogens (tertiary/aromatic N) is 3. The highest BCUT2D eigenvalue weighted by atomic mass is 35.5. The van der Waals surface area contributed by atoms with Crippen LogP contribution in [-0.4, -0.2) is 59.0 Å². The summed E-state index contributed by atoms with van der Waals surface area (Å²) in [5, 5.41) is 3.78. The lowest BCUT2D eigenvalue weighted by Crippen LogP contribution is -2.53. The summed E-state index contributed by atoms with van der Waals surface area (Å²) in [7, 11) is 0. The minimum absolute atomic E-state index is 0.0658. The molecule has 1 atom stereocenters. The molecular formula is C20H25ClN4O2. The maximum atomic E-state index is 12.2. The zero-order chi connectivity index (χ0) is 18.8. The third-order valence-electron chi connectivity index (χ3n) is 5.28. The highest BCUT2D eigenvalue weighted by Crippen LogP contribution is 2.24. The van der Waals surface area contributed by atoms with Crippen LogP contribution in [0.1, 0.15) is 25.7 Å². The topological polar surface area (TPSA) is 61.6 Å². The van der Waals surface area contributed by atoms with E-state index in [9.17, 15) is 4.79 Å². The average molecular weight is 389 g/mol. The second kappa shape index (κ2) is 8.00. The van der Waals surface area contributed by atoms with E-state index in [-0.39, 0.29) is 11.9 Å². The number of carbonyl (C=O) groups is 1. The van der Waals surface area contributed by atoms with Crippen molar-refractivity contribution >= 4 is 17.5 Å². The van der Waals surface area contributed by atoms with Crippen molar-refractivity contribution in [2.45, 2.75) is 38.4 Å². The number of piperazine rings is 1. The van der Waals surface area contributed by atoms with Crippen LogP contribution in [0, 0.1) is 0 Å². The fourth-order valence-corrected chi connectivity index (χ4v) is 3.56. The van der Waals surface area contributed by atoms with Gasteiger partial charge in [-0.25, -0.2) is 4.98 Å². The Bertz CT molecular complexity index is 797. The van der Waals surface area contributed by atoms with Crippen molar-refractivity contribution in [2.75, 3.05) is 26.2 Å². The second-order valence-electron chi connectivity index (χ2n) is 7.40. The van der Waals surface area contributed by atoms with Gasteiger partial charge in [0.15, 0.2) is 5.76 Å². The molecule has 0 spiro atoms. The van der Waals surface area contributed by atoms with Crippen LogP contribution in [0.4, 0.5) is 0 Å². The molecule has 1 saturated carbocycles. The molecule has 4 rings (SSSR count). The fraction of sp³-hybridized carbons (Fsp3) is 0.500. The van der Waals surface area contributed by atoms with Gasteiger partial charge < -0.3 is 9.73 Å². The first-order valence-electron chi connectivity index (χ1n) is 9.56. The van der Waals surface area contributed by atoms with Crippen LogP contribution < -0.4 is 5.32 Å². The van der Waals surface area contributed by atoms with Crippen LogP contribution in [-0.2, 0) is 11.3 Å². The molecule has 1 aromatic carbocycles. The van der Waals surface area contributed by atoms with Crippen molar-refractivity contribution in [2.24, 2.45) is 0 Å². The van der Waals surface area contributed by atoms with E-state index in [2.05, 4.69) is 20.1 Å². The summed E-state index contributed by atoms with van der Waals surface area (Å²) in [5.74, 6) is 1.60. The molecule has 2 aromatic rings. The molecule has 27 heavy (non-hydrogen) atoms. The van der Waals surface area contributed by atoms with Crippen LogP contribution in [0.25, 0.3) is 11.3 Å². The molecule has 0 bridgehead atoms. The number of aromatic nitrogens is 1. The summed E-state index contributed by atoms with van der Waals surface area (Å²) in [6.07, 6.45) is 4.00. The van der Waals surface area contributed by atoms with Gasteiger partial charge in [0.1, 0.15) is 0 Å². The fourth-order valence-electron chi connectivity index (χ4n) is 3.37. The van der Waals surface area contributed by atoms with E-state index in [0.29, 0.717) is 23.5 Å². The van der Waals surface area contributed by atoms with E-state index in [1.165, 1.54) is 0 Å². The number of oxazole rings is 1. The van der Waals surface area contributed by atoms with Gasteiger partial charge >= 0.3 is 0 Å². The number of amides is 1. The highest BCUT2D eigenvalue weighted by Gasteiger charge is 2.30. The normalized spacial score (nSPS) is 19.8. The smallest absolute Gasteiger partial charge is 0.237 e. The Labute approximate surface area is 164 Å². The number of rotatable bonds is 6. The number of halogens is 1. The summed E-state index contributed by atoms with van der Waals surface area (Å²) < 4.78 is 5.90. The lowest BCUT2D eigenvalue weighted by Gasteiger charge is -2.36. The summed E-state index contributed by atoms with van der Waals surface area (Å²) in [6, 6.07) is 7.93. The Kier molecular flexibility index (Phi) is 5.48. The number of nitrogens with one attached hydrogen (secondary N) is 1. The van der Waals surface area contributed by atoms with Crippen LogP contribution >= 0.6 is 11.6 Å². The molecule has 0 radical (unpaired) electrons. The van der Waals surface area contributed by atoms with Crippen LogP contribution in [0.3, 0.4) is 0 Å². The van der Waals surface area contributed by atoms with Crippen molar-refractivity contribution in [3.63, 3.8) is 0 Å². The number of carbonyl (C=O) groups excluding carboxylic acids is 1. The van der Waals surface area contributed by atoms with Crippen LogP contribution in [0.2, 0.25) is 5.02 Å². The molecule has 1 saturated heterocycles. The lowest BCUT2D eigenvalue weighted by molar-refractivity contribution is -0.126. The van der Waals surface area contributed by atoms with Gasteiger partial charge in [0.2, 0.25) is 11.8 Å². The monoisotopic (exact) mass is 388 g/mol. The van der Waals surface area contributed by atoms with Gasteiger partial charge in [0.05, 0.1) is 18.8 Å². The molecule has 2 fully saturated rings. The van der Waals surface area contributed by atoms with Crippen LogP contribution in [0.5, 0.6) is 0 Å². The number of hydrogen-bond donors (Lipinski definition) is 1. The molecule has 1 amide bonds. The van der Waals surface area contributed by atoms with E-state index < -0.39 is 0 Å². The predicted octanol–water partition coefficient (Wildman–Crippen LogP) is 2.78. The van der Waals surface area contributed by atoms with Gasteiger partial charge in [-0.05, 0) is 31.9 Å². The van der Waals surface area contributed by atoms with Crippen molar-refractivity contribution in [1.29, 1.82) is 0 Å². The third kappa shape index (κ3) is 4.69. The SMILES string of the molecule is CC(C(=O)NC1CC1)N1CCN(Cc2ncc(-c3cccc(Cl)c3)o2)CC1. The average Bonchev–Trinajstić information content (AvgIpc) is 3.36. The molecule has 1 aromatic heterocycles. The molecule has 2 aliphatic rings. The zero-order valence-corrected chi connectivity index (χ0v) is 16.3. The largest absolute Gasteiger partial charge is 0.439 e. The van der Waals surface area contributed by atoms with E-state index in [0.717, 1.165) is 50.3 Å². The first-order valence-corrected chi connectivity index (χ1v) is 9.94. The Morgan fingerprint density at radius 3 is 2.81 bits per heavy atom. The van der Waals surface area contributed by atoms with Gasteiger partial charge in [0.25, 0.3) is 0 Å². The molecule has 1 aliphatic heterocycles. The molecule has 1 aliphatic carbocycles. The van der Waals surface area contributed by atoms with Crippen molar-refractivity contribution in [1.82, 2.24) is 20.1 Å². The van der Waals surface area contributed by atoms with E-state index in [4.69, 9.17) is 16.0 Å². The maximum absolute atomic E-state index is 12.2. The summed E-state index contributed by atoms with van der Waals surface area (Å²) >= 11 is 6.05. The lowest BCUT2D eigenvalue weighted by atomic mass is 10.2.